The van der Waals surface area contributed by atoms with E-state index in [0.29, 0.717) is 22.3 Å². The number of carbonyl (C=O) groups excluding carboxylic acids is 2. The van der Waals surface area contributed by atoms with Crippen LogP contribution in [0.25, 0.3) is 10.9 Å². The van der Waals surface area contributed by atoms with Gasteiger partial charge in [0.2, 0.25) is 5.91 Å². The Morgan fingerprint density at radius 2 is 1.77 bits per heavy atom. The lowest BCUT2D eigenvalue weighted by molar-refractivity contribution is -0.117. The molecule has 1 amide bonds. The normalized spacial score (nSPS) is 13.8. The first-order valence-corrected chi connectivity index (χ1v) is 8.37. The Morgan fingerprint density at radius 1 is 1.08 bits per heavy atom. The first kappa shape index (κ1) is 16.4. The number of hydrogen-bond acceptors (Lipinski definition) is 2. The molecule has 132 valence electrons. The summed E-state index contributed by atoms with van der Waals surface area (Å²) in [7, 11) is 0. The summed E-state index contributed by atoms with van der Waals surface area (Å²) >= 11 is 0. The minimum absolute atomic E-state index is 0.00925. The second-order valence-electron chi connectivity index (χ2n) is 6.56. The van der Waals surface area contributed by atoms with Crippen molar-refractivity contribution in [3.8, 4) is 0 Å². The van der Waals surface area contributed by atoms with Crippen LogP contribution in [0, 0.1) is 24.5 Å². The third kappa shape index (κ3) is 2.77. The molecule has 0 saturated heterocycles. The average Bonchev–Trinajstić information content (AvgIpc) is 3.37. The molecule has 1 saturated carbocycles. The van der Waals surface area contributed by atoms with Crippen LogP contribution in [-0.4, -0.2) is 16.4 Å². The van der Waals surface area contributed by atoms with Gasteiger partial charge < -0.3 is 5.32 Å². The van der Waals surface area contributed by atoms with E-state index in [9.17, 15) is 18.4 Å². The fraction of sp³-hybridized carbons (Fsp3) is 0.200. The minimum atomic E-state index is -0.899. The van der Waals surface area contributed by atoms with E-state index in [1.54, 1.807) is 31.2 Å². The lowest BCUT2D eigenvalue weighted by Gasteiger charge is -2.09. The SMILES string of the molecule is Cc1cc2cc(NC(=O)C3CC3)ccc2n1C(=O)c1c(F)cccc1F. The van der Waals surface area contributed by atoms with Gasteiger partial charge in [0.25, 0.3) is 5.91 Å². The zero-order valence-electron chi connectivity index (χ0n) is 14.1. The molecule has 4 nitrogen and oxygen atoms in total. The highest BCUT2D eigenvalue weighted by Gasteiger charge is 2.29. The van der Waals surface area contributed by atoms with Crippen molar-refractivity contribution in [2.75, 3.05) is 5.32 Å². The summed E-state index contributed by atoms with van der Waals surface area (Å²) in [6.07, 6.45) is 1.82. The van der Waals surface area contributed by atoms with Crippen LogP contribution >= 0.6 is 0 Å². The third-order valence-electron chi connectivity index (χ3n) is 4.58. The summed E-state index contributed by atoms with van der Waals surface area (Å²) in [5.41, 5.74) is 1.13. The van der Waals surface area contributed by atoms with Gasteiger partial charge in [0, 0.05) is 22.7 Å². The monoisotopic (exact) mass is 354 g/mol. The van der Waals surface area contributed by atoms with Crippen molar-refractivity contribution in [1.29, 1.82) is 0 Å². The van der Waals surface area contributed by atoms with Gasteiger partial charge in [0.1, 0.15) is 17.2 Å². The molecule has 0 atom stereocenters. The summed E-state index contributed by atoms with van der Waals surface area (Å²) in [5, 5.41) is 3.56. The van der Waals surface area contributed by atoms with Crippen LogP contribution in [0.1, 0.15) is 28.9 Å². The van der Waals surface area contributed by atoms with Gasteiger partial charge in [0.05, 0.1) is 5.52 Å². The molecular weight excluding hydrogens is 338 g/mol. The summed E-state index contributed by atoms with van der Waals surface area (Å²) in [6.45, 7) is 1.69. The summed E-state index contributed by atoms with van der Waals surface area (Å²) in [5.74, 6) is -2.48. The van der Waals surface area contributed by atoms with Gasteiger partial charge >= 0.3 is 0 Å². The Labute approximate surface area is 148 Å². The molecule has 26 heavy (non-hydrogen) atoms. The fourth-order valence-electron chi connectivity index (χ4n) is 3.10. The van der Waals surface area contributed by atoms with Crippen molar-refractivity contribution in [2.45, 2.75) is 19.8 Å². The Morgan fingerprint density at radius 3 is 2.42 bits per heavy atom. The van der Waals surface area contributed by atoms with E-state index >= 15 is 0 Å². The average molecular weight is 354 g/mol. The number of anilines is 1. The van der Waals surface area contributed by atoms with E-state index < -0.39 is 23.1 Å². The van der Waals surface area contributed by atoms with Crippen LogP contribution in [0.3, 0.4) is 0 Å². The van der Waals surface area contributed by atoms with Gasteiger partial charge in [-0.15, -0.1) is 0 Å². The molecular formula is C20H16F2N2O2. The van der Waals surface area contributed by atoms with Crippen molar-refractivity contribution in [3.05, 3.63) is 65.4 Å². The number of hydrogen-bond donors (Lipinski definition) is 1. The zero-order valence-corrected chi connectivity index (χ0v) is 14.1. The number of carbonyl (C=O) groups is 2. The molecule has 1 aliphatic rings. The zero-order chi connectivity index (χ0) is 18.4. The van der Waals surface area contributed by atoms with Gasteiger partial charge in [-0.1, -0.05) is 6.07 Å². The van der Waals surface area contributed by atoms with E-state index in [0.717, 1.165) is 25.0 Å². The molecule has 0 radical (unpaired) electrons. The molecule has 0 unspecified atom stereocenters. The Kier molecular flexibility index (Phi) is 3.83. The highest BCUT2D eigenvalue weighted by molar-refractivity contribution is 6.04. The fourth-order valence-corrected chi connectivity index (χ4v) is 3.10. The van der Waals surface area contributed by atoms with Crippen LogP contribution in [0.2, 0.25) is 0 Å². The van der Waals surface area contributed by atoms with E-state index in [4.69, 9.17) is 0 Å². The number of rotatable bonds is 3. The summed E-state index contributed by atoms with van der Waals surface area (Å²) in [6, 6.07) is 10.2. The maximum Gasteiger partial charge on any atom is 0.268 e. The van der Waals surface area contributed by atoms with E-state index in [1.165, 1.54) is 10.6 Å². The number of amides is 1. The quantitative estimate of drug-likeness (QED) is 0.764. The number of benzene rings is 2. The first-order chi connectivity index (χ1) is 12.5. The van der Waals surface area contributed by atoms with Gasteiger partial charge in [-0.25, -0.2) is 8.78 Å². The highest BCUT2D eigenvalue weighted by atomic mass is 19.1. The van der Waals surface area contributed by atoms with Crippen LogP contribution in [0.4, 0.5) is 14.5 Å². The molecule has 6 heteroatoms. The maximum absolute atomic E-state index is 14.0. The molecule has 3 aromatic rings. The first-order valence-electron chi connectivity index (χ1n) is 8.37. The molecule has 1 aliphatic carbocycles. The standard InChI is InChI=1S/C20H16F2N2O2/c1-11-9-13-10-14(23-19(25)12-5-6-12)7-8-17(13)24(11)20(26)18-15(21)3-2-4-16(18)22/h2-4,7-10,12H,5-6H2,1H3,(H,23,25). The Bertz CT molecular complexity index is 1030. The molecule has 4 rings (SSSR count). The Hall–Kier alpha value is -3.02. The predicted octanol–water partition coefficient (Wildman–Crippen LogP) is 4.26. The van der Waals surface area contributed by atoms with E-state index in [-0.39, 0.29) is 11.8 Å². The number of nitrogens with one attached hydrogen (secondary N) is 1. The molecule has 0 spiro atoms. The summed E-state index contributed by atoms with van der Waals surface area (Å²) < 4.78 is 29.3. The highest BCUT2D eigenvalue weighted by Crippen LogP contribution is 2.31. The Balaban J connectivity index is 1.74. The van der Waals surface area contributed by atoms with Gasteiger partial charge in [-0.3, -0.25) is 14.2 Å². The van der Waals surface area contributed by atoms with Crippen molar-refractivity contribution in [3.63, 3.8) is 0 Å². The molecule has 1 fully saturated rings. The van der Waals surface area contributed by atoms with Crippen LogP contribution < -0.4 is 5.32 Å². The minimum Gasteiger partial charge on any atom is -0.326 e. The third-order valence-corrected chi connectivity index (χ3v) is 4.58. The molecule has 1 heterocycles. The lowest BCUT2D eigenvalue weighted by Crippen LogP contribution is -2.17. The smallest absolute Gasteiger partial charge is 0.268 e. The molecule has 2 aromatic carbocycles. The largest absolute Gasteiger partial charge is 0.326 e. The second-order valence-corrected chi connectivity index (χ2v) is 6.56. The predicted molar refractivity (Wildman–Crippen MR) is 94.1 cm³/mol. The number of aryl methyl sites for hydroxylation is 1. The van der Waals surface area contributed by atoms with Crippen molar-refractivity contribution in [1.82, 2.24) is 4.57 Å². The van der Waals surface area contributed by atoms with Gasteiger partial charge in [-0.2, -0.15) is 0 Å². The molecule has 1 N–H and O–H groups in total. The lowest BCUT2D eigenvalue weighted by atomic mass is 10.1. The van der Waals surface area contributed by atoms with E-state index in [2.05, 4.69) is 5.32 Å². The number of halogens is 2. The van der Waals surface area contributed by atoms with Gasteiger partial charge in [0.15, 0.2) is 0 Å². The van der Waals surface area contributed by atoms with Crippen LogP contribution in [-0.2, 0) is 4.79 Å². The van der Waals surface area contributed by atoms with Gasteiger partial charge in [-0.05, 0) is 56.2 Å². The molecule has 0 aliphatic heterocycles. The topological polar surface area (TPSA) is 51.1 Å². The number of fused-ring (bicyclic) bond motifs is 1. The van der Waals surface area contributed by atoms with E-state index in [1.807, 2.05) is 0 Å². The number of aromatic nitrogens is 1. The van der Waals surface area contributed by atoms with Crippen molar-refractivity contribution in [2.24, 2.45) is 5.92 Å². The maximum atomic E-state index is 14.0. The second kappa shape index (κ2) is 6.05. The molecule has 1 aromatic heterocycles. The number of nitrogens with zero attached hydrogens (tertiary/aromatic N) is 1. The van der Waals surface area contributed by atoms with Crippen LogP contribution in [0.5, 0.6) is 0 Å². The van der Waals surface area contributed by atoms with Crippen molar-refractivity contribution < 1.29 is 18.4 Å². The molecule has 0 bridgehead atoms. The summed E-state index contributed by atoms with van der Waals surface area (Å²) in [4.78, 5) is 24.7. The van der Waals surface area contributed by atoms with Crippen molar-refractivity contribution >= 4 is 28.4 Å². The van der Waals surface area contributed by atoms with Crippen LogP contribution in [0.15, 0.2) is 42.5 Å².